The van der Waals surface area contributed by atoms with Gasteiger partial charge in [-0.3, -0.25) is 14.9 Å². The molecule has 0 aliphatic heterocycles. The van der Waals surface area contributed by atoms with Gasteiger partial charge in [0.2, 0.25) is 5.91 Å². The van der Waals surface area contributed by atoms with E-state index in [4.69, 9.17) is 9.52 Å². The Kier molecular flexibility index (Phi) is 2.78. The van der Waals surface area contributed by atoms with Crippen LogP contribution >= 0.6 is 0 Å². The molecule has 1 heterocycles. The SMILES string of the molecule is Cc1coc(NC(=O)C(C)(C)C(=O)O)n1. The highest BCUT2D eigenvalue weighted by atomic mass is 16.4. The van der Waals surface area contributed by atoms with Gasteiger partial charge in [0.25, 0.3) is 0 Å². The van der Waals surface area contributed by atoms with Crippen LogP contribution in [0.25, 0.3) is 0 Å². The van der Waals surface area contributed by atoms with Gasteiger partial charge < -0.3 is 9.52 Å². The summed E-state index contributed by atoms with van der Waals surface area (Å²) < 4.78 is 4.87. The van der Waals surface area contributed by atoms with Gasteiger partial charge in [-0.15, -0.1) is 0 Å². The minimum Gasteiger partial charge on any atom is -0.480 e. The molecule has 1 amide bonds. The Balaban J connectivity index is 2.76. The van der Waals surface area contributed by atoms with Gasteiger partial charge in [-0.2, -0.15) is 4.98 Å². The van der Waals surface area contributed by atoms with Crippen molar-refractivity contribution in [1.82, 2.24) is 4.98 Å². The first-order valence-corrected chi connectivity index (χ1v) is 4.31. The van der Waals surface area contributed by atoms with E-state index in [9.17, 15) is 9.59 Å². The van der Waals surface area contributed by atoms with Gasteiger partial charge >= 0.3 is 12.0 Å². The van der Waals surface area contributed by atoms with E-state index in [0.29, 0.717) is 5.69 Å². The van der Waals surface area contributed by atoms with E-state index in [1.165, 1.54) is 20.1 Å². The lowest BCUT2D eigenvalue weighted by Crippen LogP contribution is -2.37. The largest absolute Gasteiger partial charge is 0.480 e. The Hall–Kier alpha value is -1.85. The number of aliphatic carboxylic acids is 1. The van der Waals surface area contributed by atoms with Crippen LogP contribution in [0.4, 0.5) is 6.01 Å². The number of anilines is 1. The number of nitrogens with zero attached hydrogens (tertiary/aromatic N) is 1. The number of carbonyl (C=O) groups is 2. The van der Waals surface area contributed by atoms with Crippen molar-refractivity contribution in [2.24, 2.45) is 5.41 Å². The molecular formula is C9H12N2O4. The number of aryl methyl sites for hydroxylation is 1. The van der Waals surface area contributed by atoms with Crippen molar-refractivity contribution in [3.63, 3.8) is 0 Å². The maximum atomic E-state index is 11.5. The van der Waals surface area contributed by atoms with E-state index in [1.54, 1.807) is 6.92 Å². The Bertz CT molecular complexity index is 395. The Morgan fingerprint density at radius 2 is 2.13 bits per heavy atom. The molecule has 0 fully saturated rings. The fraction of sp³-hybridized carbons (Fsp3) is 0.444. The number of carboxylic acids is 1. The Labute approximate surface area is 86.3 Å². The summed E-state index contributed by atoms with van der Waals surface area (Å²) in [7, 11) is 0. The highest BCUT2D eigenvalue weighted by molar-refractivity contribution is 6.06. The van der Waals surface area contributed by atoms with E-state index < -0.39 is 17.3 Å². The zero-order valence-electron chi connectivity index (χ0n) is 8.70. The summed E-state index contributed by atoms with van der Waals surface area (Å²) in [6, 6.07) is 0.00632. The van der Waals surface area contributed by atoms with Gasteiger partial charge in [-0.1, -0.05) is 0 Å². The average molecular weight is 212 g/mol. The van der Waals surface area contributed by atoms with Crippen LogP contribution in [0.5, 0.6) is 0 Å². The smallest absolute Gasteiger partial charge is 0.318 e. The summed E-state index contributed by atoms with van der Waals surface area (Å²) in [6.07, 6.45) is 1.36. The van der Waals surface area contributed by atoms with Crippen molar-refractivity contribution in [2.45, 2.75) is 20.8 Å². The van der Waals surface area contributed by atoms with Crippen LogP contribution in [0, 0.1) is 12.3 Å². The predicted octanol–water partition coefficient (Wildman–Crippen LogP) is 1.03. The number of carbonyl (C=O) groups excluding carboxylic acids is 1. The standard InChI is InChI=1S/C9H12N2O4/c1-5-4-15-8(10-5)11-6(12)9(2,3)7(13)14/h4H,1-3H3,(H,13,14)(H,10,11,12). The molecule has 0 aliphatic rings. The minimum absolute atomic E-state index is 0.00632. The number of oxazole rings is 1. The molecule has 0 saturated heterocycles. The predicted molar refractivity (Wildman–Crippen MR) is 51.3 cm³/mol. The molecule has 0 spiro atoms. The number of amides is 1. The van der Waals surface area contributed by atoms with Gasteiger partial charge in [-0.25, -0.2) is 0 Å². The quantitative estimate of drug-likeness (QED) is 0.730. The van der Waals surface area contributed by atoms with Crippen LogP contribution < -0.4 is 5.32 Å². The van der Waals surface area contributed by atoms with Crippen molar-refractivity contribution in [2.75, 3.05) is 5.32 Å². The molecule has 0 aliphatic carbocycles. The van der Waals surface area contributed by atoms with E-state index in [-0.39, 0.29) is 6.01 Å². The summed E-state index contributed by atoms with van der Waals surface area (Å²) >= 11 is 0. The first-order chi connectivity index (χ1) is 6.84. The fourth-order valence-electron chi connectivity index (χ4n) is 0.762. The molecule has 6 heteroatoms. The van der Waals surface area contributed by atoms with Crippen molar-refractivity contribution < 1.29 is 19.1 Å². The molecule has 2 N–H and O–H groups in total. The normalized spacial score (nSPS) is 11.1. The number of nitrogens with one attached hydrogen (secondary N) is 1. The second-order valence-corrected chi connectivity index (χ2v) is 3.68. The summed E-state index contributed by atoms with van der Waals surface area (Å²) in [5, 5.41) is 11.1. The molecule has 0 bridgehead atoms. The van der Waals surface area contributed by atoms with Gasteiger partial charge in [0.05, 0.1) is 5.69 Å². The molecule has 0 aromatic carbocycles. The average Bonchev–Trinajstić information content (AvgIpc) is 2.50. The van der Waals surface area contributed by atoms with Crippen molar-refractivity contribution >= 4 is 17.9 Å². The fourth-order valence-corrected chi connectivity index (χ4v) is 0.762. The third-order valence-electron chi connectivity index (χ3n) is 1.94. The van der Waals surface area contributed by atoms with Gasteiger partial charge in [-0.05, 0) is 20.8 Å². The van der Waals surface area contributed by atoms with Crippen LogP contribution in [0.15, 0.2) is 10.7 Å². The number of hydrogen-bond donors (Lipinski definition) is 2. The van der Waals surface area contributed by atoms with E-state index >= 15 is 0 Å². The van der Waals surface area contributed by atoms with Crippen LogP contribution in [-0.4, -0.2) is 22.0 Å². The van der Waals surface area contributed by atoms with Crippen LogP contribution in [0.2, 0.25) is 0 Å². The van der Waals surface area contributed by atoms with E-state index in [0.717, 1.165) is 0 Å². The Morgan fingerprint density at radius 1 is 1.53 bits per heavy atom. The Morgan fingerprint density at radius 3 is 2.53 bits per heavy atom. The molecule has 6 nitrogen and oxygen atoms in total. The van der Waals surface area contributed by atoms with Crippen LogP contribution in [0.1, 0.15) is 19.5 Å². The zero-order chi connectivity index (χ0) is 11.6. The monoisotopic (exact) mass is 212 g/mol. The molecule has 0 atom stereocenters. The first-order valence-electron chi connectivity index (χ1n) is 4.31. The molecule has 1 rings (SSSR count). The second kappa shape index (κ2) is 3.72. The first kappa shape index (κ1) is 11.2. The lowest BCUT2D eigenvalue weighted by Gasteiger charge is -2.16. The molecule has 1 aromatic rings. The summed E-state index contributed by atoms with van der Waals surface area (Å²) in [4.78, 5) is 26.1. The molecular weight excluding hydrogens is 200 g/mol. The molecule has 1 aromatic heterocycles. The van der Waals surface area contributed by atoms with E-state index in [1.807, 2.05) is 0 Å². The van der Waals surface area contributed by atoms with Gasteiger partial charge in [0.15, 0.2) is 0 Å². The minimum atomic E-state index is -1.51. The number of rotatable bonds is 3. The molecule has 82 valence electrons. The maximum absolute atomic E-state index is 11.5. The lowest BCUT2D eigenvalue weighted by atomic mass is 9.93. The highest BCUT2D eigenvalue weighted by Gasteiger charge is 2.36. The molecule has 0 radical (unpaired) electrons. The summed E-state index contributed by atoms with van der Waals surface area (Å²) in [5.41, 5.74) is -0.902. The van der Waals surface area contributed by atoms with Gasteiger partial charge in [0.1, 0.15) is 11.7 Å². The van der Waals surface area contributed by atoms with Gasteiger partial charge in [0, 0.05) is 0 Å². The maximum Gasteiger partial charge on any atom is 0.318 e. The highest BCUT2D eigenvalue weighted by Crippen LogP contribution is 2.18. The lowest BCUT2D eigenvalue weighted by molar-refractivity contribution is -0.151. The molecule has 0 unspecified atom stereocenters. The number of hydrogen-bond acceptors (Lipinski definition) is 4. The van der Waals surface area contributed by atoms with Crippen LogP contribution in [-0.2, 0) is 9.59 Å². The van der Waals surface area contributed by atoms with E-state index in [2.05, 4.69) is 10.3 Å². The second-order valence-electron chi connectivity index (χ2n) is 3.68. The molecule has 0 saturated carbocycles. The van der Waals surface area contributed by atoms with Crippen LogP contribution in [0.3, 0.4) is 0 Å². The van der Waals surface area contributed by atoms with Crippen molar-refractivity contribution in [3.8, 4) is 0 Å². The van der Waals surface area contributed by atoms with Crippen molar-refractivity contribution in [3.05, 3.63) is 12.0 Å². The topological polar surface area (TPSA) is 92.4 Å². The third-order valence-corrected chi connectivity index (χ3v) is 1.94. The van der Waals surface area contributed by atoms with Crippen molar-refractivity contribution in [1.29, 1.82) is 0 Å². The summed E-state index contributed by atoms with van der Waals surface area (Å²) in [5.74, 6) is -1.87. The third kappa shape index (κ3) is 2.34. The molecule has 15 heavy (non-hydrogen) atoms. The zero-order valence-corrected chi connectivity index (χ0v) is 8.70. The number of aromatic nitrogens is 1. The summed E-state index contributed by atoms with van der Waals surface area (Å²) in [6.45, 7) is 4.31. The number of carboxylic acid groups (broad SMARTS) is 1.